The minimum Gasteiger partial charge on any atom is -0.320 e. The van der Waals surface area contributed by atoms with Crippen LogP contribution in [0.25, 0.3) is 21.3 Å². The van der Waals surface area contributed by atoms with Crippen LogP contribution in [0.4, 0.5) is 10.8 Å². The number of aryl methyl sites for hydroxylation is 1. The Balaban J connectivity index is 1.11. The Morgan fingerprint density at radius 2 is 1.66 bits per heavy atom. The van der Waals surface area contributed by atoms with Gasteiger partial charge < -0.3 is 10.6 Å². The number of thiazole rings is 1. The van der Waals surface area contributed by atoms with Gasteiger partial charge in [0.25, 0.3) is 5.91 Å². The molecule has 0 spiro atoms. The molecule has 1 saturated carbocycles. The fraction of sp³-hybridized carbons (Fsp3) is 0.129. The van der Waals surface area contributed by atoms with Crippen molar-refractivity contribution < 1.29 is 9.59 Å². The lowest BCUT2D eigenvalue weighted by molar-refractivity contribution is -0.117. The molecule has 1 aliphatic carbocycles. The topological polar surface area (TPSA) is 71.1 Å². The van der Waals surface area contributed by atoms with Crippen molar-refractivity contribution in [3.05, 3.63) is 113 Å². The number of carbonyl (C=O) groups is 2. The number of carbonyl (C=O) groups excluding carboxylic acids is 2. The van der Waals surface area contributed by atoms with Gasteiger partial charge in [-0.25, -0.2) is 4.98 Å². The van der Waals surface area contributed by atoms with E-state index in [2.05, 4.69) is 52.0 Å². The molecule has 2 amide bonds. The molecule has 4 aromatic carbocycles. The Morgan fingerprint density at radius 1 is 0.895 bits per heavy atom. The van der Waals surface area contributed by atoms with Crippen molar-refractivity contribution in [2.24, 2.45) is 5.92 Å². The van der Waals surface area contributed by atoms with E-state index in [9.17, 15) is 9.59 Å². The average molecular weight is 538 g/mol. The van der Waals surface area contributed by atoms with E-state index in [1.807, 2.05) is 37.3 Å². The first kappa shape index (κ1) is 24.3. The third kappa shape index (κ3) is 4.93. The van der Waals surface area contributed by atoms with Crippen LogP contribution >= 0.6 is 22.9 Å². The molecule has 2 atom stereocenters. The molecule has 1 fully saturated rings. The Labute approximate surface area is 229 Å². The third-order valence-corrected chi connectivity index (χ3v) is 8.16. The number of anilines is 2. The van der Waals surface area contributed by atoms with E-state index in [4.69, 9.17) is 11.6 Å². The second kappa shape index (κ2) is 10.0. The van der Waals surface area contributed by atoms with Gasteiger partial charge in [-0.05, 0) is 65.8 Å². The number of benzene rings is 4. The highest BCUT2D eigenvalue weighted by molar-refractivity contribution is 7.22. The summed E-state index contributed by atoms with van der Waals surface area (Å²) in [5, 5.41) is 6.91. The van der Waals surface area contributed by atoms with Crippen LogP contribution in [-0.2, 0) is 4.79 Å². The summed E-state index contributed by atoms with van der Waals surface area (Å²) in [5.41, 5.74) is 6.25. The summed E-state index contributed by atoms with van der Waals surface area (Å²) in [6, 6.07) is 29.5. The quantitative estimate of drug-likeness (QED) is 0.231. The van der Waals surface area contributed by atoms with E-state index in [1.165, 1.54) is 28.0 Å². The number of nitrogens with zero attached hydrogens (tertiary/aromatic N) is 1. The zero-order chi connectivity index (χ0) is 26.2. The van der Waals surface area contributed by atoms with Crippen molar-refractivity contribution in [2.75, 3.05) is 10.6 Å². The molecule has 38 heavy (non-hydrogen) atoms. The maximum Gasteiger partial charge on any atom is 0.255 e. The number of para-hydroxylation sites is 1. The van der Waals surface area contributed by atoms with Crippen LogP contribution in [0, 0.1) is 12.8 Å². The van der Waals surface area contributed by atoms with Gasteiger partial charge in [0.1, 0.15) is 0 Å². The number of rotatable bonds is 6. The Bertz CT molecular complexity index is 1640. The predicted octanol–water partition coefficient (Wildman–Crippen LogP) is 7.92. The van der Waals surface area contributed by atoms with Gasteiger partial charge in [-0.15, -0.1) is 0 Å². The van der Waals surface area contributed by atoms with E-state index in [1.54, 1.807) is 24.3 Å². The lowest BCUT2D eigenvalue weighted by Gasteiger charge is -2.10. The number of aromatic nitrogens is 1. The first-order valence-electron chi connectivity index (χ1n) is 12.4. The standard InChI is InChI=1S/C31H24ClN3O2S/c1-18-6-5-9-25(32)28(18)34-29(36)22-14-15-26-27(16-22)38-31(33-26)35-30(37)24-17-23(24)21-12-10-20(11-13-21)19-7-3-2-4-8-19/h2-16,23-24H,17H2,1H3,(H,34,36)(H,33,35,37)/t23-,24?/m0/s1. The lowest BCUT2D eigenvalue weighted by Crippen LogP contribution is -2.14. The summed E-state index contributed by atoms with van der Waals surface area (Å²) in [5.74, 6) is -0.114. The van der Waals surface area contributed by atoms with Crippen LogP contribution < -0.4 is 10.6 Å². The van der Waals surface area contributed by atoms with Crippen LogP contribution in [0.1, 0.15) is 33.8 Å². The fourth-order valence-corrected chi connectivity index (χ4v) is 5.88. The first-order valence-corrected chi connectivity index (χ1v) is 13.6. The Morgan fingerprint density at radius 3 is 2.42 bits per heavy atom. The van der Waals surface area contributed by atoms with Gasteiger partial charge in [0.2, 0.25) is 5.91 Å². The molecule has 188 valence electrons. The number of nitrogens with one attached hydrogen (secondary N) is 2. The molecule has 0 radical (unpaired) electrons. The van der Waals surface area contributed by atoms with E-state index >= 15 is 0 Å². The molecule has 1 unspecified atom stereocenters. The largest absolute Gasteiger partial charge is 0.320 e. The summed E-state index contributed by atoms with van der Waals surface area (Å²) in [6.07, 6.45) is 0.827. The Hall–Kier alpha value is -4.00. The molecule has 0 aliphatic heterocycles. The molecule has 7 heteroatoms. The van der Waals surface area contributed by atoms with Crippen molar-refractivity contribution in [1.82, 2.24) is 4.98 Å². The molecule has 0 bridgehead atoms. The van der Waals surface area contributed by atoms with E-state index in [0.717, 1.165) is 22.2 Å². The van der Waals surface area contributed by atoms with Crippen LogP contribution in [0.5, 0.6) is 0 Å². The number of halogens is 1. The van der Waals surface area contributed by atoms with Gasteiger partial charge in [0.05, 0.1) is 20.9 Å². The second-order valence-electron chi connectivity index (χ2n) is 9.51. The fourth-order valence-electron chi connectivity index (χ4n) is 4.70. The molecule has 5 nitrogen and oxygen atoms in total. The molecule has 2 N–H and O–H groups in total. The monoisotopic (exact) mass is 537 g/mol. The van der Waals surface area contributed by atoms with E-state index in [-0.39, 0.29) is 23.7 Å². The highest BCUT2D eigenvalue weighted by Gasteiger charge is 2.44. The van der Waals surface area contributed by atoms with Crippen molar-refractivity contribution in [3.63, 3.8) is 0 Å². The van der Waals surface area contributed by atoms with Gasteiger partial charge in [-0.3, -0.25) is 9.59 Å². The highest BCUT2D eigenvalue weighted by atomic mass is 35.5. The average Bonchev–Trinajstić information content (AvgIpc) is 3.64. The molecule has 0 saturated heterocycles. The van der Waals surface area contributed by atoms with Crippen LogP contribution in [-0.4, -0.2) is 16.8 Å². The summed E-state index contributed by atoms with van der Waals surface area (Å²) < 4.78 is 0.827. The van der Waals surface area contributed by atoms with Crippen molar-refractivity contribution in [2.45, 2.75) is 19.3 Å². The smallest absolute Gasteiger partial charge is 0.255 e. The SMILES string of the molecule is Cc1cccc(Cl)c1NC(=O)c1ccc2nc(NC(=O)C3C[C@H]3c3ccc(-c4ccccc4)cc3)sc2c1. The molecular weight excluding hydrogens is 514 g/mol. The van der Waals surface area contributed by atoms with Crippen LogP contribution in [0.3, 0.4) is 0 Å². The molecular formula is C31H24ClN3O2S. The lowest BCUT2D eigenvalue weighted by atomic mass is 10.0. The summed E-state index contributed by atoms with van der Waals surface area (Å²) >= 11 is 7.62. The summed E-state index contributed by atoms with van der Waals surface area (Å²) in [7, 11) is 0. The number of hydrogen-bond acceptors (Lipinski definition) is 4. The molecule has 6 rings (SSSR count). The van der Waals surface area contributed by atoms with Crippen molar-refractivity contribution >= 4 is 55.8 Å². The van der Waals surface area contributed by atoms with Crippen LogP contribution in [0.15, 0.2) is 91.0 Å². The maximum atomic E-state index is 12.9. The van der Waals surface area contributed by atoms with Gasteiger partial charge in [-0.2, -0.15) is 0 Å². The van der Waals surface area contributed by atoms with E-state index in [0.29, 0.717) is 21.4 Å². The molecule has 1 aliphatic rings. The van der Waals surface area contributed by atoms with Gasteiger partial charge in [0.15, 0.2) is 5.13 Å². The molecule has 5 aromatic rings. The van der Waals surface area contributed by atoms with Crippen LogP contribution in [0.2, 0.25) is 5.02 Å². The second-order valence-corrected chi connectivity index (χ2v) is 11.0. The maximum absolute atomic E-state index is 12.9. The highest BCUT2D eigenvalue weighted by Crippen LogP contribution is 2.48. The third-order valence-electron chi connectivity index (χ3n) is 6.91. The first-order chi connectivity index (χ1) is 18.5. The zero-order valence-corrected chi connectivity index (χ0v) is 22.1. The normalized spacial score (nSPS) is 16.3. The van der Waals surface area contributed by atoms with Gasteiger partial charge in [-0.1, -0.05) is 89.7 Å². The minimum absolute atomic E-state index is 0.0200. The molecule has 1 aromatic heterocycles. The predicted molar refractivity (Wildman–Crippen MR) is 155 cm³/mol. The minimum atomic E-state index is -0.249. The zero-order valence-electron chi connectivity index (χ0n) is 20.6. The number of amides is 2. The van der Waals surface area contributed by atoms with Crippen molar-refractivity contribution in [1.29, 1.82) is 0 Å². The van der Waals surface area contributed by atoms with Gasteiger partial charge >= 0.3 is 0 Å². The van der Waals surface area contributed by atoms with E-state index < -0.39 is 0 Å². The summed E-state index contributed by atoms with van der Waals surface area (Å²) in [6.45, 7) is 1.90. The van der Waals surface area contributed by atoms with Crippen molar-refractivity contribution in [3.8, 4) is 11.1 Å². The number of hydrogen-bond donors (Lipinski definition) is 2. The van der Waals surface area contributed by atoms with Gasteiger partial charge in [0, 0.05) is 11.5 Å². The Kier molecular flexibility index (Phi) is 6.44. The molecule has 1 heterocycles. The summed E-state index contributed by atoms with van der Waals surface area (Å²) in [4.78, 5) is 30.4. The number of fused-ring (bicyclic) bond motifs is 1.